The van der Waals surface area contributed by atoms with Gasteiger partial charge in [0, 0.05) is 18.2 Å². The summed E-state index contributed by atoms with van der Waals surface area (Å²) < 4.78 is 2.40. The summed E-state index contributed by atoms with van der Waals surface area (Å²) in [5.74, 6) is 0. The number of rotatable bonds is 5. The fourth-order valence-corrected chi connectivity index (χ4v) is 6.40. The van der Waals surface area contributed by atoms with Crippen molar-refractivity contribution in [3.63, 3.8) is 0 Å². The lowest BCUT2D eigenvalue weighted by atomic mass is 9.91. The van der Waals surface area contributed by atoms with Crippen molar-refractivity contribution in [2.45, 2.75) is 6.92 Å². The molecule has 202 valence electrons. The van der Waals surface area contributed by atoms with Crippen molar-refractivity contribution >= 4 is 55.0 Å². The number of hydrogen-bond donors (Lipinski definition) is 0. The Labute approximate surface area is 252 Å². The third-order valence-corrected chi connectivity index (χ3v) is 8.64. The first kappa shape index (κ1) is 25.2. The molecule has 0 N–H and O–H groups in total. The third-order valence-electron chi connectivity index (χ3n) is 8.64. The first-order chi connectivity index (χ1) is 21.3. The highest BCUT2D eigenvalue weighted by Crippen LogP contribution is 2.41. The van der Waals surface area contributed by atoms with Gasteiger partial charge in [0.2, 0.25) is 17.1 Å². The number of fused-ring (bicyclic) bond motifs is 5. The number of benzene rings is 7. The summed E-state index contributed by atoms with van der Waals surface area (Å²) >= 11 is 0. The molecule has 1 aliphatic rings. The van der Waals surface area contributed by atoms with E-state index >= 15 is 0 Å². The van der Waals surface area contributed by atoms with Crippen LogP contribution >= 0.6 is 0 Å². The van der Waals surface area contributed by atoms with Gasteiger partial charge in [-0.2, -0.15) is 4.58 Å². The summed E-state index contributed by atoms with van der Waals surface area (Å²) in [5.41, 5.74) is 9.84. The number of hydrogen-bond acceptors (Lipinski definition) is 0. The maximum Gasteiger partial charge on any atom is 0.233 e. The van der Waals surface area contributed by atoms with Gasteiger partial charge < -0.3 is 0 Å². The third kappa shape index (κ3) is 4.38. The highest BCUT2D eigenvalue weighted by atomic mass is 15.1. The molecule has 8 rings (SSSR count). The predicted octanol–water partition coefficient (Wildman–Crippen LogP) is 11.1. The summed E-state index contributed by atoms with van der Waals surface area (Å²) in [4.78, 5) is 0. The second kappa shape index (κ2) is 10.4. The fraction of sp³-hybridized carbons (Fsp3) is 0.0238. The van der Waals surface area contributed by atoms with E-state index in [1.165, 1.54) is 77.2 Å². The topological polar surface area (TPSA) is 3.01 Å². The van der Waals surface area contributed by atoms with Crippen LogP contribution < -0.4 is 4.58 Å². The van der Waals surface area contributed by atoms with Crippen LogP contribution in [-0.4, -0.2) is 5.71 Å². The lowest BCUT2D eigenvalue weighted by Crippen LogP contribution is -2.27. The van der Waals surface area contributed by atoms with E-state index in [-0.39, 0.29) is 0 Å². The summed E-state index contributed by atoms with van der Waals surface area (Å²) in [6.07, 6.45) is 6.72. The van der Waals surface area contributed by atoms with Crippen LogP contribution in [0.4, 0.5) is 11.4 Å². The Morgan fingerprint density at radius 1 is 0.535 bits per heavy atom. The number of para-hydroxylation sites is 1. The highest BCUT2D eigenvalue weighted by molar-refractivity contribution is 6.25. The van der Waals surface area contributed by atoms with Crippen LogP contribution in [-0.2, 0) is 0 Å². The molecular formula is C42H30N+. The van der Waals surface area contributed by atoms with E-state index in [0.717, 1.165) is 0 Å². The molecule has 43 heavy (non-hydrogen) atoms. The second-order valence-electron chi connectivity index (χ2n) is 11.2. The summed E-state index contributed by atoms with van der Waals surface area (Å²) in [5, 5.41) is 7.57. The number of nitrogens with zero attached hydrogens (tertiary/aromatic N) is 1. The first-order valence-electron chi connectivity index (χ1n) is 14.9. The molecule has 0 spiro atoms. The summed E-state index contributed by atoms with van der Waals surface area (Å²) in [7, 11) is 0. The van der Waals surface area contributed by atoms with Crippen LogP contribution in [0.2, 0.25) is 0 Å². The maximum atomic E-state index is 2.40. The van der Waals surface area contributed by atoms with Gasteiger partial charge in [-0.3, -0.25) is 0 Å². The Balaban J connectivity index is 1.21. The summed E-state index contributed by atoms with van der Waals surface area (Å²) in [6, 6.07) is 52.7. The van der Waals surface area contributed by atoms with E-state index in [1.807, 2.05) is 0 Å². The van der Waals surface area contributed by atoms with Gasteiger partial charge in [0.1, 0.15) is 5.56 Å². The smallest absolute Gasteiger partial charge is 0.152 e. The van der Waals surface area contributed by atoms with E-state index in [2.05, 4.69) is 175 Å². The molecule has 1 heteroatoms. The molecule has 0 saturated heterocycles. The molecule has 7 aromatic carbocycles. The normalized spacial score (nSPS) is 13.2. The minimum atomic E-state index is 1.17. The van der Waals surface area contributed by atoms with Crippen molar-refractivity contribution in [3.8, 4) is 11.1 Å². The monoisotopic (exact) mass is 548 g/mol. The molecule has 0 radical (unpaired) electrons. The van der Waals surface area contributed by atoms with Crippen LogP contribution in [0.15, 0.2) is 164 Å². The molecule has 0 fully saturated rings. The van der Waals surface area contributed by atoms with Crippen molar-refractivity contribution in [1.29, 1.82) is 0 Å². The van der Waals surface area contributed by atoms with Gasteiger partial charge in [-0.1, -0.05) is 109 Å². The average molecular weight is 549 g/mol. The Morgan fingerprint density at radius 3 is 1.88 bits per heavy atom. The molecule has 0 unspecified atom stereocenters. The molecule has 0 aliphatic carbocycles. The first-order valence-corrected chi connectivity index (χ1v) is 14.9. The Kier molecular flexibility index (Phi) is 6.09. The van der Waals surface area contributed by atoms with Crippen molar-refractivity contribution in [1.82, 2.24) is 4.58 Å². The minimum Gasteiger partial charge on any atom is -0.152 e. The summed E-state index contributed by atoms with van der Waals surface area (Å²) in [6.45, 7) is 2.11. The SMILES string of the molecule is C/C=C(\C=C/C1=[N+](c2ccccc2)c2c1ccc1cc(-c3ccc4ccccc4c3)ccc21)c1ccc2ccccc2c1. The molecule has 0 amide bonds. The molecule has 0 atom stereocenters. The molecule has 0 saturated carbocycles. The van der Waals surface area contributed by atoms with E-state index in [9.17, 15) is 0 Å². The molecule has 1 aliphatic heterocycles. The van der Waals surface area contributed by atoms with E-state index < -0.39 is 0 Å². The largest absolute Gasteiger partial charge is 0.233 e. The van der Waals surface area contributed by atoms with Crippen molar-refractivity contribution in [3.05, 3.63) is 175 Å². The van der Waals surface area contributed by atoms with Crippen LogP contribution in [0.3, 0.4) is 0 Å². The molecule has 1 nitrogen and oxygen atoms in total. The van der Waals surface area contributed by atoms with Gasteiger partial charge >= 0.3 is 0 Å². The Bertz CT molecular complexity index is 2280. The second-order valence-corrected chi connectivity index (χ2v) is 11.2. The van der Waals surface area contributed by atoms with Crippen LogP contribution in [0.25, 0.3) is 49.0 Å². The van der Waals surface area contributed by atoms with E-state index in [1.54, 1.807) is 0 Å². The molecule has 1 heterocycles. The maximum absolute atomic E-state index is 2.40. The zero-order valence-electron chi connectivity index (χ0n) is 24.0. The van der Waals surface area contributed by atoms with Gasteiger partial charge in [-0.05, 0) is 92.5 Å². The molecule has 0 aromatic heterocycles. The standard InChI is InChI=1S/C42H30N/c1-2-29(34-18-16-30-10-6-8-12-32(30)26-34)22-25-41-40-24-21-37-28-36(35-19-17-31-11-7-9-13-33(31)27-35)20-23-39(37)42(40)43(41)38-14-4-3-5-15-38/h2-28H,1H3/q+1/b25-22-,29-2+. The Morgan fingerprint density at radius 2 is 1.14 bits per heavy atom. The van der Waals surface area contributed by atoms with Crippen molar-refractivity contribution in [2.75, 3.05) is 0 Å². The van der Waals surface area contributed by atoms with Gasteiger partial charge in [-0.25, -0.2) is 0 Å². The Hall–Kier alpha value is -5.53. The van der Waals surface area contributed by atoms with Crippen molar-refractivity contribution < 1.29 is 0 Å². The van der Waals surface area contributed by atoms with Gasteiger partial charge in [0.25, 0.3) is 0 Å². The molecular weight excluding hydrogens is 518 g/mol. The quantitative estimate of drug-likeness (QED) is 0.149. The van der Waals surface area contributed by atoms with Gasteiger partial charge in [0.05, 0.1) is 5.39 Å². The van der Waals surface area contributed by atoms with Crippen LogP contribution in [0, 0.1) is 0 Å². The van der Waals surface area contributed by atoms with Crippen molar-refractivity contribution in [2.24, 2.45) is 0 Å². The minimum absolute atomic E-state index is 1.17. The van der Waals surface area contributed by atoms with E-state index in [0.29, 0.717) is 0 Å². The fourth-order valence-electron chi connectivity index (χ4n) is 6.40. The zero-order valence-corrected chi connectivity index (χ0v) is 24.0. The highest BCUT2D eigenvalue weighted by Gasteiger charge is 2.37. The molecule has 7 aromatic rings. The zero-order chi connectivity index (χ0) is 28.8. The van der Waals surface area contributed by atoms with Gasteiger partial charge in [0.15, 0.2) is 0 Å². The predicted molar refractivity (Wildman–Crippen MR) is 186 cm³/mol. The lowest BCUT2D eigenvalue weighted by molar-refractivity contribution is 1.05. The van der Waals surface area contributed by atoms with Crippen LogP contribution in [0.5, 0.6) is 0 Å². The molecule has 0 bridgehead atoms. The van der Waals surface area contributed by atoms with Crippen LogP contribution in [0.1, 0.15) is 18.1 Å². The van der Waals surface area contributed by atoms with E-state index in [4.69, 9.17) is 0 Å². The van der Waals surface area contributed by atoms with Gasteiger partial charge in [-0.15, -0.1) is 0 Å². The average Bonchev–Trinajstić information content (AvgIpc) is 3.06. The number of allylic oxidation sites excluding steroid dienone is 4. The lowest BCUT2D eigenvalue weighted by Gasteiger charge is -2.20.